The second kappa shape index (κ2) is 8.85. The van der Waals surface area contributed by atoms with Gasteiger partial charge in [-0.05, 0) is 41.3 Å². The average Bonchev–Trinajstić information content (AvgIpc) is 3.23. The summed E-state index contributed by atoms with van der Waals surface area (Å²) < 4.78 is 13.0. The maximum Gasteiger partial charge on any atom is 0.301 e. The molecule has 0 radical (unpaired) electrons. The number of allylic oxidation sites excluding steroid dienone is 1. The number of thiophene rings is 1. The number of rotatable bonds is 7. The fourth-order valence-electron chi connectivity index (χ4n) is 2.35. The maximum atomic E-state index is 13.0. The molecule has 29 heavy (non-hydrogen) atoms. The Bertz CT molecular complexity index is 1100. The number of nitro benzene ring substituents is 2. The highest BCUT2D eigenvalue weighted by Gasteiger charge is 2.19. The predicted molar refractivity (Wildman–Crippen MR) is 110 cm³/mol. The summed E-state index contributed by atoms with van der Waals surface area (Å²) in [5.41, 5.74) is 3.01. The fourth-order valence-corrected chi connectivity index (χ4v) is 3.04. The van der Waals surface area contributed by atoms with Crippen LogP contribution in [0.15, 0.2) is 71.2 Å². The minimum absolute atomic E-state index is 0.0184. The van der Waals surface area contributed by atoms with Gasteiger partial charge in [0, 0.05) is 6.07 Å². The first-order valence-electron chi connectivity index (χ1n) is 8.18. The zero-order valence-corrected chi connectivity index (χ0v) is 15.5. The Morgan fingerprint density at radius 3 is 2.45 bits per heavy atom. The highest BCUT2D eigenvalue weighted by molar-refractivity contribution is 7.12. The van der Waals surface area contributed by atoms with Crippen molar-refractivity contribution in [2.24, 2.45) is 5.10 Å². The summed E-state index contributed by atoms with van der Waals surface area (Å²) >= 11 is 1.42. The van der Waals surface area contributed by atoms with E-state index in [0.717, 1.165) is 22.6 Å². The van der Waals surface area contributed by atoms with E-state index in [4.69, 9.17) is 0 Å². The minimum Gasteiger partial charge on any atom is -0.271 e. The van der Waals surface area contributed by atoms with E-state index in [0.29, 0.717) is 5.71 Å². The molecule has 146 valence electrons. The Balaban J connectivity index is 1.92. The smallest absolute Gasteiger partial charge is 0.271 e. The lowest BCUT2D eigenvalue weighted by Crippen LogP contribution is -2.02. The van der Waals surface area contributed by atoms with E-state index in [2.05, 4.69) is 10.5 Å². The SMILES string of the molecule is O=[N+]([O-])c1ccc(N/N=C(\C=C\c2ccc(F)cc2)c2cccs2)c([N+](=O)[O-])c1. The molecule has 8 nitrogen and oxygen atoms in total. The van der Waals surface area contributed by atoms with Crippen LogP contribution in [0.2, 0.25) is 0 Å². The van der Waals surface area contributed by atoms with Gasteiger partial charge in [-0.1, -0.05) is 24.3 Å². The van der Waals surface area contributed by atoms with Gasteiger partial charge in [0.15, 0.2) is 0 Å². The molecule has 0 amide bonds. The van der Waals surface area contributed by atoms with Gasteiger partial charge in [0.05, 0.1) is 20.8 Å². The number of nitrogens with one attached hydrogen (secondary N) is 1. The third-order valence-electron chi connectivity index (χ3n) is 3.76. The van der Waals surface area contributed by atoms with Crippen LogP contribution in [0.5, 0.6) is 0 Å². The lowest BCUT2D eigenvalue weighted by atomic mass is 10.2. The van der Waals surface area contributed by atoms with Gasteiger partial charge < -0.3 is 0 Å². The minimum atomic E-state index is -0.718. The highest BCUT2D eigenvalue weighted by atomic mass is 32.1. The first-order valence-corrected chi connectivity index (χ1v) is 9.06. The molecule has 1 heterocycles. The van der Waals surface area contributed by atoms with Crippen LogP contribution in [-0.4, -0.2) is 15.6 Å². The molecule has 3 aromatic rings. The number of halogens is 1. The molecule has 10 heteroatoms. The van der Waals surface area contributed by atoms with Crippen molar-refractivity contribution in [3.05, 3.63) is 103 Å². The summed E-state index contributed by atoms with van der Waals surface area (Å²) in [4.78, 5) is 21.5. The lowest BCUT2D eigenvalue weighted by Gasteiger charge is -2.04. The molecule has 0 aliphatic heterocycles. The molecule has 3 rings (SSSR count). The summed E-state index contributed by atoms with van der Waals surface area (Å²) in [7, 11) is 0. The van der Waals surface area contributed by atoms with Gasteiger partial charge >= 0.3 is 5.69 Å². The van der Waals surface area contributed by atoms with E-state index >= 15 is 0 Å². The molecule has 0 aliphatic carbocycles. The Morgan fingerprint density at radius 2 is 1.83 bits per heavy atom. The number of hydrogen-bond acceptors (Lipinski definition) is 7. The van der Waals surface area contributed by atoms with Gasteiger partial charge in [0.2, 0.25) is 0 Å². The molecule has 0 unspecified atom stereocenters. The van der Waals surface area contributed by atoms with Gasteiger partial charge in [-0.25, -0.2) is 4.39 Å². The molecular formula is C19H13FN4O4S. The summed E-state index contributed by atoms with van der Waals surface area (Å²) in [6.45, 7) is 0. The maximum absolute atomic E-state index is 13.0. The van der Waals surface area contributed by atoms with Crippen LogP contribution in [0.4, 0.5) is 21.5 Å². The quantitative estimate of drug-likeness (QED) is 0.324. The zero-order chi connectivity index (χ0) is 20.8. The molecule has 0 fully saturated rings. The summed E-state index contributed by atoms with van der Waals surface area (Å²) in [5, 5.41) is 28.2. The molecule has 1 N–H and O–H groups in total. The second-order valence-corrected chi connectivity index (χ2v) is 6.63. The monoisotopic (exact) mass is 412 g/mol. The molecule has 0 aliphatic rings. The molecule has 1 aromatic heterocycles. The second-order valence-electron chi connectivity index (χ2n) is 5.69. The van der Waals surface area contributed by atoms with Crippen molar-refractivity contribution >= 4 is 40.2 Å². The van der Waals surface area contributed by atoms with Crippen LogP contribution in [0.1, 0.15) is 10.4 Å². The van der Waals surface area contributed by atoms with Gasteiger partial charge in [-0.15, -0.1) is 11.3 Å². The highest BCUT2D eigenvalue weighted by Crippen LogP contribution is 2.29. The van der Waals surface area contributed by atoms with E-state index in [1.807, 2.05) is 17.5 Å². The molecule has 0 saturated carbocycles. The molecule has 0 bridgehead atoms. The van der Waals surface area contributed by atoms with E-state index < -0.39 is 15.5 Å². The summed E-state index contributed by atoms with van der Waals surface area (Å²) in [5.74, 6) is -0.346. The first-order chi connectivity index (χ1) is 13.9. The van der Waals surface area contributed by atoms with Crippen LogP contribution in [0, 0.1) is 26.0 Å². The molecule has 0 spiro atoms. The molecular weight excluding hydrogens is 399 g/mol. The number of anilines is 1. The molecule has 0 saturated heterocycles. The standard InChI is InChI=1S/C19H13FN4O4S/c20-14-6-3-13(4-7-14)5-9-17(19-2-1-11-29-19)22-21-16-10-8-15(23(25)26)12-18(16)24(27)28/h1-12,21H/b9-5+,22-17+. The number of nitro groups is 2. The normalized spacial score (nSPS) is 11.6. The third-order valence-corrected chi connectivity index (χ3v) is 4.66. The average molecular weight is 412 g/mol. The van der Waals surface area contributed by atoms with Crippen LogP contribution in [-0.2, 0) is 0 Å². The van der Waals surface area contributed by atoms with Crippen LogP contribution >= 0.6 is 11.3 Å². The van der Waals surface area contributed by atoms with Crippen LogP contribution in [0.25, 0.3) is 6.08 Å². The van der Waals surface area contributed by atoms with Crippen LogP contribution in [0.3, 0.4) is 0 Å². The topological polar surface area (TPSA) is 111 Å². The van der Waals surface area contributed by atoms with Crippen molar-refractivity contribution in [2.75, 3.05) is 5.43 Å². The summed E-state index contributed by atoms with van der Waals surface area (Å²) in [6.07, 6.45) is 3.41. The first kappa shape index (κ1) is 19.8. The number of benzene rings is 2. The lowest BCUT2D eigenvalue weighted by molar-refractivity contribution is -0.393. The van der Waals surface area contributed by atoms with Crippen molar-refractivity contribution in [1.29, 1.82) is 0 Å². The van der Waals surface area contributed by atoms with Gasteiger partial charge in [0.1, 0.15) is 17.2 Å². The Hall–Kier alpha value is -3.92. The van der Waals surface area contributed by atoms with E-state index in [-0.39, 0.29) is 17.2 Å². The molecule has 2 aromatic carbocycles. The van der Waals surface area contributed by atoms with Crippen molar-refractivity contribution < 1.29 is 14.2 Å². The summed E-state index contributed by atoms with van der Waals surface area (Å²) in [6, 6.07) is 12.8. The van der Waals surface area contributed by atoms with Gasteiger partial charge in [0.25, 0.3) is 5.69 Å². The number of non-ortho nitro benzene ring substituents is 1. The predicted octanol–water partition coefficient (Wildman–Crippen LogP) is 5.23. The van der Waals surface area contributed by atoms with Crippen molar-refractivity contribution in [3.8, 4) is 0 Å². The van der Waals surface area contributed by atoms with Gasteiger partial charge in [-0.3, -0.25) is 25.7 Å². The largest absolute Gasteiger partial charge is 0.301 e. The van der Waals surface area contributed by atoms with E-state index in [9.17, 15) is 24.6 Å². The number of hydrogen-bond donors (Lipinski definition) is 1. The Morgan fingerprint density at radius 1 is 1.07 bits per heavy atom. The van der Waals surface area contributed by atoms with Crippen LogP contribution < -0.4 is 5.43 Å². The zero-order valence-electron chi connectivity index (χ0n) is 14.7. The molecule has 0 atom stereocenters. The third kappa shape index (κ3) is 5.08. The van der Waals surface area contributed by atoms with E-state index in [1.165, 1.54) is 29.5 Å². The number of nitrogens with zero attached hydrogens (tertiary/aromatic N) is 3. The van der Waals surface area contributed by atoms with Crippen molar-refractivity contribution in [3.63, 3.8) is 0 Å². The van der Waals surface area contributed by atoms with E-state index in [1.54, 1.807) is 24.3 Å². The number of hydrazone groups is 1. The fraction of sp³-hybridized carbons (Fsp3) is 0. The van der Waals surface area contributed by atoms with Gasteiger partial charge in [-0.2, -0.15) is 5.10 Å². The van der Waals surface area contributed by atoms with Crippen molar-refractivity contribution in [1.82, 2.24) is 0 Å². The Labute approximate surface area is 167 Å². The Kier molecular flexibility index (Phi) is 6.05. The van der Waals surface area contributed by atoms with Crippen molar-refractivity contribution in [2.45, 2.75) is 0 Å².